The summed E-state index contributed by atoms with van der Waals surface area (Å²) in [5.74, 6) is -2.71. The van der Waals surface area contributed by atoms with Crippen LogP contribution in [0.3, 0.4) is 0 Å². The molecule has 0 saturated heterocycles. The lowest BCUT2D eigenvalue weighted by Crippen LogP contribution is -2.41. The number of alkyl halides is 2. The average molecular weight is 249 g/mol. The van der Waals surface area contributed by atoms with Crippen LogP contribution in [0, 0.1) is 0 Å². The predicted molar refractivity (Wildman–Crippen MR) is 57.3 cm³/mol. The minimum Gasteiger partial charge on any atom is -0.350 e. The number of thioether (sulfide) groups is 1. The van der Waals surface area contributed by atoms with E-state index in [1.807, 2.05) is 6.26 Å². The van der Waals surface area contributed by atoms with Crippen LogP contribution in [0.5, 0.6) is 0 Å². The molecule has 0 aromatic carbocycles. The zero-order valence-corrected chi connectivity index (χ0v) is 9.52. The van der Waals surface area contributed by atoms with Gasteiger partial charge in [0, 0.05) is 12.2 Å². The number of nitrogens with one attached hydrogen (secondary N) is 1. The first-order chi connectivity index (χ1) is 6.02. The van der Waals surface area contributed by atoms with E-state index in [9.17, 15) is 13.6 Å². The fourth-order valence-corrected chi connectivity index (χ4v) is 0.973. The van der Waals surface area contributed by atoms with Crippen molar-refractivity contribution in [2.75, 3.05) is 25.1 Å². The third kappa shape index (κ3) is 8.52. The number of hydrogen-bond acceptors (Lipinski definition) is 3. The van der Waals surface area contributed by atoms with Crippen molar-refractivity contribution in [1.82, 2.24) is 5.32 Å². The molecule has 0 spiro atoms. The Hall–Kier alpha value is -0.0700. The van der Waals surface area contributed by atoms with Crippen LogP contribution in [0.2, 0.25) is 0 Å². The number of amides is 1. The minimum atomic E-state index is -2.99. The zero-order valence-electron chi connectivity index (χ0n) is 7.89. The molecule has 0 aliphatic rings. The van der Waals surface area contributed by atoms with E-state index in [0.717, 1.165) is 0 Å². The Morgan fingerprint density at radius 3 is 2.57 bits per heavy atom. The molecule has 14 heavy (non-hydrogen) atoms. The smallest absolute Gasteiger partial charge is 0.277 e. The van der Waals surface area contributed by atoms with Crippen LogP contribution in [0.25, 0.3) is 0 Å². The summed E-state index contributed by atoms with van der Waals surface area (Å²) in [7, 11) is 0. The van der Waals surface area contributed by atoms with Gasteiger partial charge in [-0.1, -0.05) is 0 Å². The van der Waals surface area contributed by atoms with Crippen LogP contribution in [0.15, 0.2) is 0 Å². The first-order valence-corrected chi connectivity index (χ1v) is 5.25. The number of hydrogen-bond donors (Lipinski definition) is 2. The summed E-state index contributed by atoms with van der Waals surface area (Å²) in [5, 5.41) is 2.13. The molecule has 3 nitrogen and oxygen atoms in total. The summed E-state index contributed by atoms with van der Waals surface area (Å²) < 4.78 is 25.0. The molecule has 3 N–H and O–H groups in total. The highest BCUT2D eigenvalue weighted by Gasteiger charge is 2.26. The molecule has 0 radical (unpaired) electrons. The molecule has 0 heterocycles. The molecule has 0 aliphatic heterocycles. The second-order valence-corrected chi connectivity index (χ2v) is 3.57. The Bertz CT molecular complexity index is 172. The van der Waals surface area contributed by atoms with Gasteiger partial charge in [0.05, 0.1) is 13.1 Å². The van der Waals surface area contributed by atoms with Crippen molar-refractivity contribution in [2.24, 2.45) is 5.73 Å². The van der Waals surface area contributed by atoms with E-state index in [1.165, 1.54) is 11.8 Å². The van der Waals surface area contributed by atoms with E-state index < -0.39 is 19.0 Å². The maximum atomic E-state index is 12.5. The summed E-state index contributed by atoms with van der Waals surface area (Å²) >= 11 is 1.50. The van der Waals surface area contributed by atoms with Gasteiger partial charge < -0.3 is 11.1 Å². The standard InChI is InChI=1S/C7H14F2N2OS.ClH/c1-13-3-2-6(12)11-5-7(8,9)4-10;/h2-5,10H2,1H3,(H,11,12);1H. The van der Waals surface area contributed by atoms with E-state index in [1.54, 1.807) is 0 Å². The van der Waals surface area contributed by atoms with Gasteiger partial charge in [0.1, 0.15) is 0 Å². The third-order valence-electron chi connectivity index (χ3n) is 1.38. The van der Waals surface area contributed by atoms with E-state index >= 15 is 0 Å². The Balaban J connectivity index is 0. The molecule has 0 aromatic heterocycles. The van der Waals surface area contributed by atoms with Gasteiger partial charge in [0.15, 0.2) is 0 Å². The monoisotopic (exact) mass is 248 g/mol. The van der Waals surface area contributed by atoms with Crippen molar-refractivity contribution in [3.63, 3.8) is 0 Å². The fourth-order valence-electron chi connectivity index (χ4n) is 0.583. The Kier molecular flexibility index (Phi) is 9.65. The van der Waals surface area contributed by atoms with Gasteiger partial charge in [-0.25, -0.2) is 8.78 Å². The summed E-state index contributed by atoms with van der Waals surface area (Å²) in [6, 6.07) is 0. The quantitative estimate of drug-likeness (QED) is 0.734. The lowest BCUT2D eigenvalue weighted by atomic mass is 10.3. The highest BCUT2D eigenvalue weighted by Crippen LogP contribution is 2.08. The number of carbonyl (C=O) groups is 1. The van der Waals surface area contributed by atoms with Gasteiger partial charge in [-0.05, 0) is 6.26 Å². The normalized spacial score (nSPS) is 10.6. The molecule has 0 bridgehead atoms. The Labute approximate surface area is 92.6 Å². The number of carbonyl (C=O) groups excluding carboxylic acids is 1. The zero-order chi connectivity index (χ0) is 10.3. The van der Waals surface area contributed by atoms with Crippen LogP contribution >= 0.6 is 24.2 Å². The molecule has 0 aliphatic carbocycles. The highest BCUT2D eigenvalue weighted by atomic mass is 35.5. The largest absolute Gasteiger partial charge is 0.350 e. The second kappa shape index (κ2) is 8.26. The van der Waals surface area contributed by atoms with E-state index in [4.69, 9.17) is 5.73 Å². The molecule has 86 valence electrons. The first kappa shape index (κ1) is 16.4. The van der Waals surface area contributed by atoms with Crippen molar-refractivity contribution in [1.29, 1.82) is 0 Å². The summed E-state index contributed by atoms with van der Waals surface area (Å²) in [6.45, 7) is -1.41. The lowest BCUT2D eigenvalue weighted by Gasteiger charge is -2.14. The van der Waals surface area contributed by atoms with Crippen LogP contribution in [0.4, 0.5) is 8.78 Å². The molecule has 0 aromatic rings. The average Bonchev–Trinajstić information content (AvgIpc) is 2.11. The molecular weight excluding hydrogens is 234 g/mol. The molecule has 7 heteroatoms. The molecule has 0 rings (SSSR count). The maximum absolute atomic E-state index is 12.5. The molecular formula is C7H15ClF2N2OS. The van der Waals surface area contributed by atoms with Crippen LogP contribution in [0.1, 0.15) is 6.42 Å². The number of rotatable bonds is 6. The van der Waals surface area contributed by atoms with Gasteiger partial charge in [0.25, 0.3) is 5.92 Å². The lowest BCUT2D eigenvalue weighted by molar-refractivity contribution is -0.122. The minimum absolute atomic E-state index is 0. The highest BCUT2D eigenvalue weighted by molar-refractivity contribution is 7.98. The Morgan fingerprint density at radius 1 is 1.57 bits per heavy atom. The van der Waals surface area contributed by atoms with Crippen LogP contribution in [-0.4, -0.2) is 36.9 Å². The van der Waals surface area contributed by atoms with Gasteiger partial charge in [-0.2, -0.15) is 11.8 Å². The predicted octanol–water partition coefficient (Wildman–Crippen LogP) is 0.871. The third-order valence-corrected chi connectivity index (χ3v) is 1.99. The SMILES string of the molecule is CSCCC(=O)NCC(F)(F)CN.Cl. The van der Waals surface area contributed by atoms with Crippen molar-refractivity contribution in [3.8, 4) is 0 Å². The summed E-state index contributed by atoms with van der Waals surface area (Å²) in [6.07, 6.45) is 2.11. The summed E-state index contributed by atoms with van der Waals surface area (Å²) in [4.78, 5) is 10.9. The van der Waals surface area contributed by atoms with Crippen molar-refractivity contribution >= 4 is 30.1 Å². The Morgan fingerprint density at radius 2 is 2.14 bits per heavy atom. The molecule has 1 amide bonds. The van der Waals surface area contributed by atoms with Crippen LogP contribution < -0.4 is 11.1 Å². The molecule has 0 fully saturated rings. The van der Waals surface area contributed by atoms with E-state index in [0.29, 0.717) is 5.75 Å². The second-order valence-electron chi connectivity index (χ2n) is 2.58. The van der Waals surface area contributed by atoms with Crippen molar-refractivity contribution in [3.05, 3.63) is 0 Å². The first-order valence-electron chi connectivity index (χ1n) is 3.85. The van der Waals surface area contributed by atoms with Crippen LogP contribution in [-0.2, 0) is 4.79 Å². The molecule has 0 saturated carbocycles. The maximum Gasteiger partial charge on any atom is 0.277 e. The number of nitrogens with two attached hydrogens (primary N) is 1. The van der Waals surface area contributed by atoms with Gasteiger partial charge >= 0.3 is 0 Å². The van der Waals surface area contributed by atoms with Gasteiger partial charge in [-0.15, -0.1) is 12.4 Å². The summed E-state index contributed by atoms with van der Waals surface area (Å²) in [5.41, 5.74) is 4.79. The van der Waals surface area contributed by atoms with Gasteiger partial charge in [0.2, 0.25) is 5.91 Å². The van der Waals surface area contributed by atoms with Gasteiger partial charge in [-0.3, -0.25) is 4.79 Å². The van der Waals surface area contributed by atoms with Crippen molar-refractivity contribution < 1.29 is 13.6 Å². The van der Waals surface area contributed by atoms with Crippen molar-refractivity contribution in [2.45, 2.75) is 12.3 Å². The molecule has 0 unspecified atom stereocenters. The van der Waals surface area contributed by atoms with E-state index in [-0.39, 0.29) is 24.7 Å². The molecule has 0 atom stereocenters. The fraction of sp³-hybridized carbons (Fsp3) is 0.857. The topological polar surface area (TPSA) is 55.1 Å². The number of halogens is 3. The van der Waals surface area contributed by atoms with E-state index in [2.05, 4.69) is 5.32 Å².